The van der Waals surface area contributed by atoms with Crippen LogP contribution in [0.1, 0.15) is 41.5 Å². The zero-order valence-electron chi connectivity index (χ0n) is 17.7. The minimum absolute atomic E-state index is 0.243. The molecule has 1 fully saturated rings. The second-order valence-electron chi connectivity index (χ2n) is 10.2. The average molecular weight is 376 g/mol. The largest absolute Gasteiger partial charge is 0.415 e. The van der Waals surface area contributed by atoms with Gasteiger partial charge in [-0.2, -0.15) is 0 Å². The van der Waals surface area contributed by atoms with Crippen LogP contribution in [0.25, 0.3) is 0 Å². The molecule has 0 aromatic rings. The van der Waals surface area contributed by atoms with Gasteiger partial charge in [0.2, 0.25) is 0 Å². The minimum atomic E-state index is -1.70. The van der Waals surface area contributed by atoms with Crippen LogP contribution < -0.4 is 5.32 Å². The molecule has 0 saturated carbocycles. The van der Waals surface area contributed by atoms with Gasteiger partial charge in [-0.1, -0.05) is 41.5 Å². The predicted octanol–water partition coefficient (Wildman–Crippen LogP) is 4.39. The summed E-state index contributed by atoms with van der Waals surface area (Å²) in [5.41, 5.74) is 0. The SMILES string of the molecule is CC(C)(C)[Si](C)(C)OC[C@@H]1COC[C@@H](CO[Si](C)(C)C(C)(C)C)N1. The standard InChI is InChI=1S/C18H41NO3Si2/c1-17(2,3)23(7,8)21-13-15-11-20-12-16(19-15)14-22-24(9,10)18(4,5)6/h15-16,19H,11-14H2,1-10H3/t15-,16-/m0/s1. The van der Waals surface area contributed by atoms with Crippen molar-refractivity contribution >= 4 is 16.6 Å². The summed E-state index contributed by atoms with van der Waals surface area (Å²) < 4.78 is 18.5. The lowest BCUT2D eigenvalue weighted by molar-refractivity contribution is 0.0145. The molecule has 0 amide bonds. The molecule has 1 N–H and O–H groups in total. The Kier molecular flexibility index (Phi) is 7.33. The van der Waals surface area contributed by atoms with E-state index < -0.39 is 16.6 Å². The fraction of sp³-hybridized carbons (Fsp3) is 1.00. The van der Waals surface area contributed by atoms with Crippen molar-refractivity contribution in [3.05, 3.63) is 0 Å². The Labute approximate surface area is 152 Å². The highest BCUT2D eigenvalue weighted by molar-refractivity contribution is 6.74. The van der Waals surface area contributed by atoms with E-state index in [0.717, 1.165) is 26.4 Å². The van der Waals surface area contributed by atoms with E-state index in [1.165, 1.54) is 0 Å². The van der Waals surface area contributed by atoms with Gasteiger partial charge >= 0.3 is 0 Å². The summed E-state index contributed by atoms with van der Waals surface area (Å²) in [6.45, 7) is 25.8. The fourth-order valence-corrected chi connectivity index (χ4v) is 4.13. The molecule has 1 saturated heterocycles. The van der Waals surface area contributed by atoms with Gasteiger partial charge in [0.15, 0.2) is 16.6 Å². The van der Waals surface area contributed by atoms with Gasteiger partial charge in [0.05, 0.1) is 38.5 Å². The van der Waals surface area contributed by atoms with E-state index in [0.29, 0.717) is 0 Å². The van der Waals surface area contributed by atoms with Crippen molar-refractivity contribution in [3.63, 3.8) is 0 Å². The lowest BCUT2D eigenvalue weighted by Gasteiger charge is -2.40. The Hall–Kier alpha value is 0.274. The molecule has 0 unspecified atom stereocenters. The molecule has 0 aliphatic carbocycles. The Morgan fingerprint density at radius 1 is 0.792 bits per heavy atom. The van der Waals surface area contributed by atoms with Crippen LogP contribution in [-0.4, -0.2) is 55.1 Å². The summed E-state index contributed by atoms with van der Waals surface area (Å²) >= 11 is 0. The number of nitrogens with one attached hydrogen (secondary N) is 1. The maximum Gasteiger partial charge on any atom is 0.192 e. The van der Waals surface area contributed by atoms with E-state index in [2.05, 4.69) is 73.0 Å². The Morgan fingerprint density at radius 3 is 1.42 bits per heavy atom. The van der Waals surface area contributed by atoms with Crippen LogP contribution in [0.15, 0.2) is 0 Å². The van der Waals surface area contributed by atoms with Gasteiger partial charge in [0, 0.05) is 0 Å². The highest BCUT2D eigenvalue weighted by atomic mass is 28.4. The van der Waals surface area contributed by atoms with Gasteiger partial charge < -0.3 is 18.9 Å². The number of ether oxygens (including phenoxy) is 1. The first-order chi connectivity index (χ1) is 10.7. The summed E-state index contributed by atoms with van der Waals surface area (Å²) in [5, 5.41) is 4.16. The normalized spacial score (nSPS) is 24.2. The lowest BCUT2D eigenvalue weighted by Crippen LogP contribution is -2.56. The molecule has 4 nitrogen and oxygen atoms in total. The van der Waals surface area contributed by atoms with Crippen LogP contribution in [0.4, 0.5) is 0 Å². The summed E-state index contributed by atoms with van der Waals surface area (Å²) in [7, 11) is -3.41. The topological polar surface area (TPSA) is 39.7 Å². The van der Waals surface area contributed by atoms with E-state index in [1.807, 2.05) is 0 Å². The van der Waals surface area contributed by atoms with Gasteiger partial charge in [-0.25, -0.2) is 0 Å². The van der Waals surface area contributed by atoms with Crippen molar-refractivity contribution in [1.29, 1.82) is 0 Å². The van der Waals surface area contributed by atoms with Gasteiger partial charge in [-0.3, -0.25) is 0 Å². The van der Waals surface area contributed by atoms with Crippen LogP contribution in [0.3, 0.4) is 0 Å². The fourth-order valence-electron chi connectivity index (χ4n) is 2.03. The average Bonchev–Trinajstić information content (AvgIpc) is 2.41. The van der Waals surface area contributed by atoms with Crippen molar-refractivity contribution < 1.29 is 13.6 Å². The first kappa shape index (κ1) is 22.3. The maximum absolute atomic E-state index is 6.35. The third-order valence-electron chi connectivity index (χ3n) is 6.01. The first-order valence-electron chi connectivity index (χ1n) is 9.27. The van der Waals surface area contributed by atoms with Crippen molar-refractivity contribution in [1.82, 2.24) is 5.32 Å². The van der Waals surface area contributed by atoms with E-state index in [4.69, 9.17) is 13.6 Å². The van der Waals surface area contributed by atoms with Crippen molar-refractivity contribution in [2.45, 2.75) is 89.9 Å². The number of hydrogen-bond donors (Lipinski definition) is 1. The molecule has 1 rings (SSSR count). The number of rotatable bonds is 6. The highest BCUT2D eigenvalue weighted by Crippen LogP contribution is 2.37. The quantitative estimate of drug-likeness (QED) is 0.699. The minimum Gasteiger partial charge on any atom is -0.415 e. The highest BCUT2D eigenvalue weighted by Gasteiger charge is 2.39. The molecule has 24 heavy (non-hydrogen) atoms. The molecule has 1 heterocycles. The van der Waals surface area contributed by atoms with Crippen molar-refractivity contribution in [2.75, 3.05) is 26.4 Å². The molecule has 1 aliphatic heterocycles. The second kappa shape index (κ2) is 7.88. The predicted molar refractivity (Wildman–Crippen MR) is 108 cm³/mol. The molecule has 2 atom stereocenters. The van der Waals surface area contributed by atoms with Crippen LogP contribution in [0, 0.1) is 0 Å². The summed E-state index contributed by atoms with van der Waals surface area (Å²) in [6.07, 6.45) is 0. The first-order valence-corrected chi connectivity index (χ1v) is 15.1. The van der Waals surface area contributed by atoms with E-state index in [-0.39, 0.29) is 22.2 Å². The van der Waals surface area contributed by atoms with Gasteiger partial charge in [-0.15, -0.1) is 0 Å². The van der Waals surface area contributed by atoms with Gasteiger partial charge in [-0.05, 0) is 36.3 Å². The van der Waals surface area contributed by atoms with Gasteiger partial charge in [0.25, 0.3) is 0 Å². The summed E-state index contributed by atoms with van der Waals surface area (Å²) in [6, 6.07) is 0.529. The molecule has 0 bridgehead atoms. The van der Waals surface area contributed by atoms with Crippen molar-refractivity contribution in [3.8, 4) is 0 Å². The molecular weight excluding hydrogens is 334 g/mol. The summed E-state index contributed by atoms with van der Waals surface area (Å²) in [5.74, 6) is 0. The lowest BCUT2D eigenvalue weighted by atomic mass is 10.2. The third kappa shape index (κ3) is 6.21. The zero-order valence-corrected chi connectivity index (χ0v) is 19.7. The Balaban J connectivity index is 2.48. The number of hydrogen-bond acceptors (Lipinski definition) is 4. The molecule has 1 aliphatic rings. The van der Waals surface area contributed by atoms with Crippen LogP contribution in [0.2, 0.25) is 36.3 Å². The second-order valence-corrected chi connectivity index (χ2v) is 19.9. The van der Waals surface area contributed by atoms with Crippen molar-refractivity contribution in [2.24, 2.45) is 0 Å². The number of morpholine rings is 1. The molecule has 0 aromatic heterocycles. The molecule has 0 spiro atoms. The smallest absolute Gasteiger partial charge is 0.192 e. The maximum atomic E-state index is 6.35. The monoisotopic (exact) mass is 375 g/mol. The summed E-state index contributed by atoms with van der Waals surface area (Å²) in [4.78, 5) is 0. The van der Waals surface area contributed by atoms with Crippen LogP contribution in [-0.2, 0) is 13.6 Å². The molecule has 144 valence electrons. The Morgan fingerprint density at radius 2 is 1.12 bits per heavy atom. The van der Waals surface area contributed by atoms with E-state index in [1.54, 1.807) is 0 Å². The Bertz CT molecular complexity index is 364. The molecular formula is C18H41NO3Si2. The van der Waals surface area contributed by atoms with Gasteiger partial charge in [0.1, 0.15) is 0 Å². The molecule has 0 radical (unpaired) electrons. The van der Waals surface area contributed by atoms with Crippen LogP contribution >= 0.6 is 0 Å². The molecule has 6 heteroatoms. The van der Waals surface area contributed by atoms with E-state index >= 15 is 0 Å². The van der Waals surface area contributed by atoms with Crippen LogP contribution in [0.5, 0.6) is 0 Å². The third-order valence-corrected chi connectivity index (χ3v) is 15.0. The molecule has 0 aromatic carbocycles. The zero-order chi connectivity index (χ0) is 18.8. The van der Waals surface area contributed by atoms with E-state index in [9.17, 15) is 0 Å².